The number of benzene rings is 1. The van der Waals surface area contributed by atoms with Crippen LogP contribution in [0.2, 0.25) is 0 Å². The van der Waals surface area contributed by atoms with E-state index in [1.54, 1.807) is 18.4 Å². The number of hydrogen-bond acceptors (Lipinski definition) is 9. The highest BCUT2D eigenvalue weighted by atomic mass is 32.2. The van der Waals surface area contributed by atoms with Crippen LogP contribution in [0.15, 0.2) is 30.3 Å². The minimum atomic E-state index is -1.37. The van der Waals surface area contributed by atoms with Crippen LogP contribution in [0, 0.1) is 23.2 Å². The molecular formula is C26H35N3O6S. The molecule has 0 spiro atoms. The van der Waals surface area contributed by atoms with Gasteiger partial charge in [0, 0.05) is 12.5 Å². The highest BCUT2D eigenvalue weighted by Gasteiger charge is 2.48. The van der Waals surface area contributed by atoms with Crippen molar-refractivity contribution in [1.29, 1.82) is 5.26 Å². The molecule has 4 rings (SSSR count). The number of fused-ring (bicyclic) bond motifs is 1. The number of carbonyl (C=O) groups is 1. The third-order valence-electron chi connectivity index (χ3n) is 7.31. The summed E-state index contributed by atoms with van der Waals surface area (Å²) in [5.41, 5.74) is 2.07. The predicted molar refractivity (Wildman–Crippen MR) is 136 cm³/mol. The molecule has 9 nitrogen and oxygen atoms in total. The van der Waals surface area contributed by atoms with E-state index < -0.39 is 41.9 Å². The first-order chi connectivity index (χ1) is 17.2. The standard InChI is InChI=1S/C26H35N3O6S/c1-13(2)18(24-21(31)20(30)22(32)26(35-24)36-3)29-25(33)19-23-17(12-28-19)10-16(8-9-34-23)15-6-4-14(11-27)5-7-15/h4-7,10,13,17-24,26,28,30-32H,8-9,12H2,1-3H3,(H,29,33)/t17-,18+,19-,20?,21?,22+,23+,24+,26?/m0/s1. The zero-order valence-corrected chi connectivity index (χ0v) is 21.5. The molecule has 5 N–H and O–H groups in total. The smallest absolute Gasteiger partial charge is 0.240 e. The summed E-state index contributed by atoms with van der Waals surface area (Å²) in [6.45, 7) is 4.87. The van der Waals surface area contributed by atoms with E-state index >= 15 is 0 Å². The Morgan fingerprint density at radius 2 is 1.92 bits per heavy atom. The Hall–Kier alpha value is -1.97. The van der Waals surface area contributed by atoms with Crippen LogP contribution < -0.4 is 10.6 Å². The molecule has 0 aliphatic carbocycles. The van der Waals surface area contributed by atoms with Gasteiger partial charge < -0.3 is 35.4 Å². The fourth-order valence-electron chi connectivity index (χ4n) is 5.25. The fraction of sp³-hybridized carbons (Fsp3) is 0.615. The molecule has 9 atom stereocenters. The number of nitriles is 1. The lowest BCUT2D eigenvalue weighted by atomic mass is 9.88. The van der Waals surface area contributed by atoms with Gasteiger partial charge in [-0.3, -0.25) is 4.79 Å². The summed E-state index contributed by atoms with van der Waals surface area (Å²) in [5, 5.41) is 46.6. The zero-order valence-electron chi connectivity index (χ0n) is 20.7. The summed E-state index contributed by atoms with van der Waals surface area (Å²) >= 11 is 1.24. The molecule has 0 aromatic heterocycles. The van der Waals surface area contributed by atoms with Crippen molar-refractivity contribution < 1.29 is 29.6 Å². The Balaban J connectivity index is 1.47. The second-order valence-corrected chi connectivity index (χ2v) is 10.9. The maximum absolute atomic E-state index is 13.4. The number of hydrogen-bond donors (Lipinski definition) is 5. The molecule has 1 aromatic rings. The molecule has 1 amide bonds. The van der Waals surface area contributed by atoms with E-state index in [-0.39, 0.29) is 23.8 Å². The van der Waals surface area contributed by atoms with Crippen molar-refractivity contribution in [3.05, 3.63) is 41.5 Å². The summed E-state index contributed by atoms with van der Waals surface area (Å²) in [6.07, 6.45) is -0.532. The van der Waals surface area contributed by atoms with Crippen LogP contribution in [-0.2, 0) is 14.3 Å². The Morgan fingerprint density at radius 1 is 1.19 bits per heavy atom. The van der Waals surface area contributed by atoms with Gasteiger partial charge >= 0.3 is 0 Å². The molecule has 2 saturated heterocycles. The topological polar surface area (TPSA) is 144 Å². The van der Waals surface area contributed by atoms with Crippen LogP contribution in [0.1, 0.15) is 31.4 Å². The molecule has 1 aromatic carbocycles. The van der Waals surface area contributed by atoms with Gasteiger partial charge in [0.1, 0.15) is 35.9 Å². The molecule has 0 bridgehead atoms. The van der Waals surface area contributed by atoms with E-state index in [9.17, 15) is 20.1 Å². The number of aliphatic hydroxyl groups is 3. The van der Waals surface area contributed by atoms with Gasteiger partial charge in [-0.25, -0.2) is 0 Å². The summed E-state index contributed by atoms with van der Waals surface area (Å²) in [7, 11) is 0. The maximum Gasteiger partial charge on any atom is 0.240 e. The van der Waals surface area contributed by atoms with Gasteiger partial charge in [0.15, 0.2) is 0 Å². The van der Waals surface area contributed by atoms with Crippen LogP contribution >= 0.6 is 11.8 Å². The molecule has 0 radical (unpaired) electrons. The number of nitrogens with zero attached hydrogens (tertiary/aromatic N) is 1. The van der Waals surface area contributed by atoms with Gasteiger partial charge in [0.25, 0.3) is 0 Å². The molecule has 3 aliphatic heterocycles. The van der Waals surface area contributed by atoms with Gasteiger partial charge in [-0.2, -0.15) is 5.26 Å². The lowest BCUT2D eigenvalue weighted by molar-refractivity contribution is -0.208. The van der Waals surface area contributed by atoms with Crippen LogP contribution in [0.5, 0.6) is 0 Å². The zero-order chi connectivity index (χ0) is 26.0. The van der Waals surface area contributed by atoms with Crippen molar-refractivity contribution in [2.45, 2.75) is 68.3 Å². The van der Waals surface area contributed by atoms with Crippen molar-refractivity contribution in [2.75, 3.05) is 19.4 Å². The lowest BCUT2D eigenvalue weighted by Crippen LogP contribution is -2.65. The number of carbonyl (C=O) groups excluding carboxylic acids is 1. The average Bonchev–Trinajstić information content (AvgIpc) is 3.16. The highest BCUT2D eigenvalue weighted by molar-refractivity contribution is 7.99. The van der Waals surface area contributed by atoms with Crippen molar-refractivity contribution in [3.8, 4) is 6.07 Å². The van der Waals surface area contributed by atoms with Gasteiger partial charge in [-0.1, -0.05) is 32.1 Å². The summed E-state index contributed by atoms with van der Waals surface area (Å²) in [5.74, 6) is -0.358. The van der Waals surface area contributed by atoms with Crippen molar-refractivity contribution in [3.63, 3.8) is 0 Å². The molecule has 196 valence electrons. The first kappa shape index (κ1) is 27.1. The third-order valence-corrected chi connectivity index (χ3v) is 8.16. The normalized spacial score (nSPS) is 35.3. The SMILES string of the molecule is CSC1O[C@H]([C@H](NC(=O)[C@H]2NC[C@@H]3C=C(c4ccc(C#N)cc4)CCO[C@@H]23)C(C)C)C(O)C(O)[C@H]1O. The second kappa shape index (κ2) is 11.6. The Labute approximate surface area is 215 Å². The van der Waals surface area contributed by atoms with Crippen LogP contribution in [0.25, 0.3) is 5.57 Å². The van der Waals surface area contributed by atoms with E-state index in [4.69, 9.17) is 14.7 Å². The monoisotopic (exact) mass is 517 g/mol. The predicted octanol–water partition coefficient (Wildman–Crippen LogP) is 0.630. The highest BCUT2D eigenvalue weighted by Crippen LogP contribution is 2.32. The summed E-state index contributed by atoms with van der Waals surface area (Å²) in [4.78, 5) is 13.4. The molecule has 2 fully saturated rings. The van der Waals surface area contributed by atoms with Gasteiger partial charge in [0.2, 0.25) is 5.91 Å². The van der Waals surface area contributed by atoms with E-state index in [1.807, 2.05) is 26.0 Å². The van der Waals surface area contributed by atoms with Crippen molar-refractivity contribution in [1.82, 2.24) is 10.6 Å². The number of nitrogens with one attached hydrogen (secondary N) is 2. The molecule has 3 heterocycles. The van der Waals surface area contributed by atoms with Crippen LogP contribution in [-0.4, -0.2) is 88.7 Å². The first-order valence-corrected chi connectivity index (χ1v) is 13.6. The Bertz CT molecular complexity index is 994. The molecule has 3 aliphatic rings. The minimum Gasteiger partial charge on any atom is -0.388 e. The quantitative estimate of drug-likeness (QED) is 0.367. The largest absolute Gasteiger partial charge is 0.388 e. The van der Waals surface area contributed by atoms with Crippen LogP contribution in [0.3, 0.4) is 0 Å². The van der Waals surface area contributed by atoms with Gasteiger partial charge in [-0.15, -0.1) is 11.8 Å². The van der Waals surface area contributed by atoms with Crippen LogP contribution in [0.4, 0.5) is 0 Å². The Morgan fingerprint density at radius 3 is 2.56 bits per heavy atom. The third kappa shape index (κ3) is 5.48. The van der Waals surface area contributed by atoms with Crippen molar-refractivity contribution >= 4 is 23.2 Å². The van der Waals surface area contributed by atoms with E-state index in [1.165, 1.54) is 11.8 Å². The number of rotatable bonds is 6. The second-order valence-electron chi connectivity index (χ2n) is 9.97. The fourth-order valence-corrected chi connectivity index (χ4v) is 5.93. The van der Waals surface area contributed by atoms with E-state index in [0.717, 1.165) is 11.1 Å². The van der Waals surface area contributed by atoms with Gasteiger partial charge in [-0.05, 0) is 41.9 Å². The molecule has 0 saturated carbocycles. The lowest BCUT2D eigenvalue weighted by Gasteiger charge is -2.44. The van der Waals surface area contributed by atoms with E-state index in [2.05, 4.69) is 22.8 Å². The molecular weight excluding hydrogens is 482 g/mol. The summed E-state index contributed by atoms with van der Waals surface area (Å²) < 4.78 is 12.1. The van der Waals surface area contributed by atoms with E-state index in [0.29, 0.717) is 25.1 Å². The number of thioether (sulfide) groups is 1. The molecule has 36 heavy (non-hydrogen) atoms. The Kier molecular flexibility index (Phi) is 8.73. The van der Waals surface area contributed by atoms with Crippen molar-refractivity contribution in [2.24, 2.45) is 11.8 Å². The first-order valence-electron chi connectivity index (χ1n) is 12.3. The molecule has 10 heteroatoms. The molecule has 3 unspecified atom stereocenters. The average molecular weight is 518 g/mol. The maximum atomic E-state index is 13.4. The number of aliphatic hydroxyl groups excluding tert-OH is 3. The van der Waals surface area contributed by atoms with Gasteiger partial charge in [0.05, 0.1) is 30.4 Å². The number of amides is 1. The summed E-state index contributed by atoms with van der Waals surface area (Å²) in [6, 6.07) is 8.44. The minimum absolute atomic E-state index is 0.000699. The number of ether oxygens (including phenoxy) is 2.